The molecule has 5 rings (SSSR count). The normalized spacial score (nSPS) is 16.7. The van der Waals surface area contributed by atoms with Crippen molar-refractivity contribution in [2.45, 2.75) is 25.2 Å². The van der Waals surface area contributed by atoms with Crippen molar-refractivity contribution in [3.8, 4) is 0 Å². The van der Waals surface area contributed by atoms with Crippen molar-refractivity contribution in [2.75, 3.05) is 5.32 Å². The molecule has 1 aromatic heterocycles. The molecule has 4 aromatic rings. The predicted molar refractivity (Wildman–Crippen MR) is 136 cm³/mol. The smallest absolute Gasteiger partial charge is 0.411 e. The minimum Gasteiger partial charge on any atom is -0.459 e. The maximum absolute atomic E-state index is 13.4. The van der Waals surface area contributed by atoms with Crippen molar-refractivity contribution in [1.82, 2.24) is 10.2 Å². The van der Waals surface area contributed by atoms with Crippen LogP contribution in [-0.2, 0) is 22.6 Å². The van der Waals surface area contributed by atoms with Crippen LogP contribution in [0, 0.1) is 5.82 Å². The Labute approximate surface area is 218 Å². The number of hydrogen-bond acceptors (Lipinski definition) is 5. The van der Waals surface area contributed by atoms with Gasteiger partial charge in [-0.25, -0.2) is 9.18 Å². The summed E-state index contributed by atoms with van der Waals surface area (Å²) in [5.74, 6) is -1.00. The van der Waals surface area contributed by atoms with Gasteiger partial charge in [0.25, 0.3) is 5.91 Å². The van der Waals surface area contributed by atoms with Crippen molar-refractivity contribution in [3.05, 3.63) is 126 Å². The zero-order valence-electron chi connectivity index (χ0n) is 20.2. The van der Waals surface area contributed by atoms with Crippen LogP contribution in [0.3, 0.4) is 0 Å². The van der Waals surface area contributed by atoms with Gasteiger partial charge >= 0.3 is 6.09 Å². The average Bonchev–Trinajstić information content (AvgIpc) is 3.58. The molecule has 2 N–H and O–H groups in total. The van der Waals surface area contributed by atoms with E-state index in [0.717, 1.165) is 5.56 Å². The van der Waals surface area contributed by atoms with Gasteiger partial charge in [-0.05, 0) is 53.1 Å². The molecule has 3 aromatic carbocycles. The Hall–Kier alpha value is -4.92. The third kappa shape index (κ3) is 5.57. The van der Waals surface area contributed by atoms with Crippen molar-refractivity contribution < 1.29 is 27.9 Å². The van der Waals surface area contributed by atoms with Gasteiger partial charge in [0.15, 0.2) is 17.9 Å². The van der Waals surface area contributed by atoms with Crippen molar-refractivity contribution in [1.29, 1.82) is 0 Å². The maximum Gasteiger partial charge on any atom is 0.411 e. The number of ether oxygens (including phenoxy) is 1. The number of benzene rings is 3. The number of carbonyl (C=O) groups excluding carboxylic acids is 3. The Morgan fingerprint density at radius 3 is 2.29 bits per heavy atom. The lowest BCUT2D eigenvalue weighted by molar-refractivity contribution is -0.126. The van der Waals surface area contributed by atoms with Crippen LogP contribution in [0.1, 0.15) is 33.3 Å². The highest BCUT2D eigenvalue weighted by Gasteiger charge is 2.46. The fraction of sp³-hybridized carbons (Fsp3) is 0.138. The first-order valence-electron chi connectivity index (χ1n) is 12.0. The number of cyclic esters (lactones) is 1. The molecule has 192 valence electrons. The zero-order chi connectivity index (χ0) is 26.5. The van der Waals surface area contributed by atoms with Crippen LogP contribution in [0.25, 0.3) is 0 Å². The van der Waals surface area contributed by atoms with E-state index in [4.69, 9.17) is 9.15 Å². The van der Waals surface area contributed by atoms with Gasteiger partial charge in [0.2, 0.25) is 5.91 Å². The molecule has 0 unspecified atom stereocenters. The number of amides is 3. The second-order valence-electron chi connectivity index (χ2n) is 8.76. The van der Waals surface area contributed by atoms with E-state index in [1.807, 2.05) is 30.3 Å². The summed E-state index contributed by atoms with van der Waals surface area (Å²) < 4.78 is 24.1. The summed E-state index contributed by atoms with van der Waals surface area (Å²) in [6, 6.07) is 24.1. The number of furan rings is 1. The van der Waals surface area contributed by atoms with E-state index < -0.39 is 30.1 Å². The molecule has 38 heavy (non-hydrogen) atoms. The van der Waals surface area contributed by atoms with Crippen LogP contribution in [0.15, 0.2) is 102 Å². The highest BCUT2D eigenvalue weighted by molar-refractivity contribution is 6.02. The molecule has 0 aliphatic carbocycles. The van der Waals surface area contributed by atoms with Crippen LogP contribution in [0.2, 0.25) is 0 Å². The standard InChI is InChI=1S/C29H24FN3O5/c30-22-12-8-19(9-13-22)17-31-28(35)25-26(38-29(36)33(25)18-20-5-2-1-3-6-20)21-10-14-23(15-11-21)32-27(34)24-7-4-16-37-24/h1-16,25-26H,17-18H2,(H,31,35)(H,32,34)/t25-,26+/m1/s1. The van der Waals surface area contributed by atoms with Crippen molar-refractivity contribution >= 4 is 23.6 Å². The largest absolute Gasteiger partial charge is 0.459 e. The minimum atomic E-state index is -0.952. The molecule has 2 atom stereocenters. The van der Waals surface area contributed by atoms with Crippen LogP contribution in [0.4, 0.5) is 14.9 Å². The van der Waals surface area contributed by atoms with Gasteiger partial charge in [-0.3, -0.25) is 14.5 Å². The Balaban J connectivity index is 1.36. The fourth-order valence-electron chi connectivity index (χ4n) is 4.24. The SMILES string of the molecule is O=C(Nc1ccc([C@@H]2OC(=O)N(Cc3ccccc3)[C@H]2C(=O)NCc2ccc(F)cc2)cc1)c1ccco1. The number of nitrogens with one attached hydrogen (secondary N) is 2. The van der Waals surface area contributed by atoms with E-state index in [0.29, 0.717) is 16.8 Å². The fourth-order valence-corrected chi connectivity index (χ4v) is 4.24. The van der Waals surface area contributed by atoms with Crippen LogP contribution in [0.5, 0.6) is 0 Å². The van der Waals surface area contributed by atoms with Gasteiger partial charge in [0.1, 0.15) is 5.82 Å². The topological polar surface area (TPSA) is 101 Å². The molecule has 1 aliphatic heterocycles. The number of rotatable bonds is 8. The van der Waals surface area contributed by atoms with Crippen LogP contribution >= 0.6 is 0 Å². The lowest BCUT2D eigenvalue weighted by Crippen LogP contribution is -2.46. The molecule has 9 heteroatoms. The molecular weight excluding hydrogens is 489 g/mol. The summed E-state index contributed by atoms with van der Waals surface area (Å²) >= 11 is 0. The summed E-state index contributed by atoms with van der Waals surface area (Å²) in [7, 11) is 0. The van der Waals surface area contributed by atoms with E-state index in [1.54, 1.807) is 48.5 Å². The van der Waals surface area contributed by atoms with Gasteiger partial charge < -0.3 is 19.8 Å². The van der Waals surface area contributed by atoms with Gasteiger partial charge in [-0.1, -0.05) is 54.6 Å². The molecule has 1 saturated heterocycles. The number of carbonyl (C=O) groups is 3. The van der Waals surface area contributed by atoms with E-state index >= 15 is 0 Å². The van der Waals surface area contributed by atoms with Crippen molar-refractivity contribution in [3.63, 3.8) is 0 Å². The zero-order valence-corrected chi connectivity index (χ0v) is 20.2. The Kier molecular flexibility index (Phi) is 7.17. The molecular formula is C29H24FN3O5. The van der Waals surface area contributed by atoms with E-state index in [9.17, 15) is 18.8 Å². The first kappa shape index (κ1) is 24.8. The van der Waals surface area contributed by atoms with Gasteiger partial charge in [-0.2, -0.15) is 0 Å². The maximum atomic E-state index is 13.4. The van der Waals surface area contributed by atoms with Gasteiger partial charge in [0.05, 0.1) is 12.8 Å². The molecule has 0 radical (unpaired) electrons. The molecule has 2 heterocycles. The third-order valence-corrected chi connectivity index (χ3v) is 6.17. The number of anilines is 1. The highest BCUT2D eigenvalue weighted by Crippen LogP contribution is 2.34. The highest BCUT2D eigenvalue weighted by atomic mass is 19.1. The average molecular weight is 514 g/mol. The van der Waals surface area contributed by atoms with E-state index in [2.05, 4.69) is 10.6 Å². The second kappa shape index (κ2) is 11.0. The molecule has 0 spiro atoms. The number of hydrogen-bond donors (Lipinski definition) is 2. The Bertz CT molecular complexity index is 1410. The second-order valence-corrected chi connectivity index (χ2v) is 8.76. The quantitative estimate of drug-likeness (QED) is 0.343. The van der Waals surface area contributed by atoms with Gasteiger partial charge in [0, 0.05) is 12.2 Å². The third-order valence-electron chi connectivity index (χ3n) is 6.17. The number of halogens is 1. The van der Waals surface area contributed by atoms with E-state index in [1.165, 1.54) is 23.3 Å². The Morgan fingerprint density at radius 1 is 0.868 bits per heavy atom. The first-order chi connectivity index (χ1) is 18.5. The monoisotopic (exact) mass is 513 g/mol. The summed E-state index contributed by atoms with van der Waals surface area (Å²) in [6.07, 6.45) is -0.0835. The van der Waals surface area contributed by atoms with Crippen LogP contribution in [-0.4, -0.2) is 28.8 Å². The van der Waals surface area contributed by atoms with Gasteiger partial charge in [-0.15, -0.1) is 0 Å². The van der Waals surface area contributed by atoms with Crippen LogP contribution < -0.4 is 10.6 Å². The minimum absolute atomic E-state index is 0.160. The summed E-state index contributed by atoms with van der Waals surface area (Å²) in [5, 5.41) is 5.58. The lowest BCUT2D eigenvalue weighted by atomic mass is 10.00. The van der Waals surface area contributed by atoms with E-state index in [-0.39, 0.29) is 24.7 Å². The molecule has 0 bridgehead atoms. The molecule has 1 fully saturated rings. The molecule has 1 aliphatic rings. The summed E-state index contributed by atoms with van der Waals surface area (Å²) in [5.41, 5.74) is 2.66. The molecule has 3 amide bonds. The Morgan fingerprint density at radius 2 is 1.61 bits per heavy atom. The summed E-state index contributed by atoms with van der Waals surface area (Å²) in [4.78, 5) is 40.0. The molecule has 0 saturated carbocycles. The predicted octanol–water partition coefficient (Wildman–Crippen LogP) is 5.05. The van der Waals surface area contributed by atoms with Crippen molar-refractivity contribution in [2.24, 2.45) is 0 Å². The molecule has 8 nitrogen and oxygen atoms in total. The lowest BCUT2D eigenvalue weighted by Gasteiger charge is -2.24. The number of nitrogens with zero attached hydrogens (tertiary/aromatic N) is 1. The first-order valence-corrected chi connectivity index (χ1v) is 12.0. The summed E-state index contributed by atoms with van der Waals surface area (Å²) in [6.45, 7) is 0.343.